The van der Waals surface area contributed by atoms with E-state index in [0.717, 1.165) is 18.4 Å². The molecular formula is C14H18O2. The average Bonchev–Trinajstić information content (AvgIpc) is 2.33. The lowest BCUT2D eigenvalue weighted by Crippen LogP contribution is -2.03. The van der Waals surface area contributed by atoms with Crippen LogP contribution in [-0.4, -0.2) is 12.6 Å². The first-order chi connectivity index (χ1) is 7.83. The van der Waals surface area contributed by atoms with Crippen LogP contribution >= 0.6 is 0 Å². The molecule has 0 aliphatic carbocycles. The van der Waals surface area contributed by atoms with Gasteiger partial charge in [0.2, 0.25) is 0 Å². The summed E-state index contributed by atoms with van der Waals surface area (Å²) in [5.41, 5.74) is 1.12. The van der Waals surface area contributed by atoms with Crippen LogP contribution in [0.4, 0.5) is 0 Å². The van der Waals surface area contributed by atoms with Gasteiger partial charge in [0.15, 0.2) is 0 Å². The highest BCUT2D eigenvalue weighted by Crippen LogP contribution is 2.01. The van der Waals surface area contributed by atoms with E-state index in [1.165, 1.54) is 0 Å². The minimum atomic E-state index is -0.112. The maximum atomic E-state index is 11.2. The standard InChI is InChI=1S/C14H18O2/c1-2-3-11-14(15)16-12-7-10-13-8-5-4-6-9-13/h4-10H,2-3,11-12H2,1H3/b10-7+. The number of hydrogen-bond acceptors (Lipinski definition) is 2. The van der Waals surface area contributed by atoms with Crippen LogP contribution < -0.4 is 0 Å². The van der Waals surface area contributed by atoms with Crippen LogP contribution in [0.25, 0.3) is 6.08 Å². The molecule has 86 valence electrons. The number of benzene rings is 1. The molecule has 0 unspecified atom stereocenters. The molecule has 0 saturated heterocycles. The third-order valence-corrected chi connectivity index (χ3v) is 2.18. The van der Waals surface area contributed by atoms with Crippen LogP contribution in [0.5, 0.6) is 0 Å². The second kappa shape index (κ2) is 7.69. The van der Waals surface area contributed by atoms with E-state index in [4.69, 9.17) is 4.74 Å². The first-order valence-corrected chi connectivity index (χ1v) is 5.70. The van der Waals surface area contributed by atoms with Crippen LogP contribution in [-0.2, 0) is 9.53 Å². The summed E-state index contributed by atoms with van der Waals surface area (Å²) in [6.07, 6.45) is 6.26. The molecule has 1 rings (SSSR count). The van der Waals surface area contributed by atoms with Gasteiger partial charge in [-0.15, -0.1) is 0 Å². The van der Waals surface area contributed by atoms with Crippen molar-refractivity contribution in [3.63, 3.8) is 0 Å². The third kappa shape index (κ3) is 5.35. The molecule has 0 aliphatic heterocycles. The third-order valence-electron chi connectivity index (χ3n) is 2.18. The lowest BCUT2D eigenvalue weighted by molar-refractivity contribution is -0.142. The highest BCUT2D eigenvalue weighted by atomic mass is 16.5. The Bertz CT molecular complexity index is 328. The molecule has 0 bridgehead atoms. The molecular weight excluding hydrogens is 200 g/mol. The molecule has 16 heavy (non-hydrogen) atoms. The largest absolute Gasteiger partial charge is 0.461 e. The molecule has 0 aromatic heterocycles. The lowest BCUT2D eigenvalue weighted by Gasteiger charge is -2.00. The number of rotatable bonds is 6. The zero-order valence-electron chi connectivity index (χ0n) is 9.69. The summed E-state index contributed by atoms with van der Waals surface area (Å²) in [5, 5.41) is 0. The van der Waals surface area contributed by atoms with E-state index in [9.17, 15) is 4.79 Å². The summed E-state index contributed by atoms with van der Waals surface area (Å²) < 4.78 is 5.04. The summed E-state index contributed by atoms with van der Waals surface area (Å²) in [7, 11) is 0. The summed E-state index contributed by atoms with van der Waals surface area (Å²) in [5.74, 6) is -0.112. The number of ether oxygens (including phenoxy) is 1. The molecule has 0 radical (unpaired) electrons. The van der Waals surface area contributed by atoms with Crippen molar-refractivity contribution in [2.24, 2.45) is 0 Å². The Morgan fingerprint density at radius 3 is 2.75 bits per heavy atom. The van der Waals surface area contributed by atoms with Gasteiger partial charge in [-0.1, -0.05) is 49.8 Å². The number of unbranched alkanes of at least 4 members (excludes halogenated alkanes) is 1. The lowest BCUT2D eigenvalue weighted by atomic mass is 10.2. The fraction of sp³-hybridized carbons (Fsp3) is 0.357. The first-order valence-electron chi connectivity index (χ1n) is 5.70. The van der Waals surface area contributed by atoms with Gasteiger partial charge in [0.05, 0.1) is 0 Å². The van der Waals surface area contributed by atoms with Gasteiger partial charge >= 0.3 is 5.97 Å². The van der Waals surface area contributed by atoms with Gasteiger partial charge in [-0.3, -0.25) is 4.79 Å². The van der Waals surface area contributed by atoms with Crippen molar-refractivity contribution in [1.82, 2.24) is 0 Å². The first kappa shape index (κ1) is 12.5. The summed E-state index contributed by atoms with van der Waals surface area (Å²) >= 11 is 0. The molecule has 1 aromatic carbocycles. The van der Waals surface area contributed by atoms with Crippen molar-refractivity contribution in [2.75, 3.05) is 6.61 Å². The van der Waals surface area contributed by atoms with Crippen LogP contribution in [0, 0.1) is 0 Å². The SMILES string of the molecule is CCCCC(=O)OC/C=C/c1ccccc1. The molecule has 0 saturated carbocycles. The van der Waals surface area contributed by atoms with E-state index in [-0.39, 0.29) is 5.97 Å². The summed E-state index contributed by atoms with van der Waals surface area (Å²) in [6, 6.07) is 9.95. The maximum Gasteiger partial charge on any atom is 0.306 e. The van der Waals surface area contributed by atoms with Crippen molar-refractivity contribution >= 4 is 12.0 Å². The van der Waals surface area contributed by atoms with Gasteiger partial charge in [-0.2, -0.15) is 0 Å². The van der Waals surface area contributed by atoms with E-state index in [0.29, 0.717) is 13.0 Å². The van der Waals surface area contributed by atoms with E-state index in [2.05, 4.69) is 6.92 Å². The van der Waals surface area contributed by atoms with E-state index < -0.39 is 0 Å². The molecule has 0 N–H and O–H groups in total. The molecule has 2 nitrogen and oxygen atoms in total. The van der Waals surface area contributed by atoms with Gasteiger partial charge in [-0.05, 0) is 18.1 Å². The van der Waals surface area contributed by atoms with E-state index >= 15 is 0 Å². The second-order valence-electron chi connectivity index (χ2n) is 3.60. The zero-order valence-corrected chi connectivity index (χ0v) is 9.69. The van der Waals surface area contributed by atoms with Crippen molar-refractivity contribution in [1.29, 1.82) is 0 Å². The van der Waals surface area contributed by atoms with Crippen molar-refractivity contribution in [3.8, 4) is 0 Å². The molecule has 1 aromatic rings. The quantitative estimate of drug-likeness (QED) is 0.684. The Labute approximate surface area is 96.9 Å². The van der Waals surface area contributed by atoms with Crippen molar-refractivity contribution < 1.29 is 9.53 Å². The Kier molecular flexibility index (Phi) is 6.00. The number of esters is 1. The summed E-state index contributed by atoms with van der Waals surface area (Å²) in [4.78, 5) is 11.2. The van der Waals surface area contributed by atoms with Crippen molar-refractivity contribution in [2.45, 2.75) is 26.2 Å². The van der Waals surface area contributed by atoms with Crippen molar-refractivity contribution in [3.05, 3.63) is 42.0 Å². The number of carbonyl (C=O) groups is 1. The zero-order chi connectivity index (χ0) is 11.6. The fourth-order valence-corrected chi connectivity index (χ4v) is 1.28. The van der Waals surface area contributed by atoms with Crippen LogP contribution in [0.15, 0.2) is 36.4 Å². The second-order valence-corrected chi connectivity index (χ2v) is 3.60. The molecule has 0 aliphatic rings. The smallest absolute Gasteiger partial charge is 0.306 e. The van der Waals surface area contributed by atoms with Crippen LogP contribution in [0.3, 0.4) is 0 Å². The topological polar surface area (TPSA) is 26.3 Å². The normalized spacial score (nSPS) is 10.6. The Balaban J connectivity index is 2.20. The van der Waals surface area contributed by atoms with E-state index in [1.807, 2.05) is 42.5 Å². The van der Waals surface area contributed by atoms with Gasteiger partial charge in [0.1, 0.15) is 6.61 Å². The predicted octanol–water partition coefficient (Wildman–Crippen LogP) is 3.43. The monoisotopic (exact) mass is 218 g/mol. The minimum absolute atomic E-state index is 0.112. The highest BCUT2D eigenvalue weighted by molar-refractivity contribution is 5.69. The molecule has 2 heteroatoms. The maximum absolute atomic E-state index is 11.2. The Morgan fingerprint density at radius 1 is 1.31 bits per heavy atom. The predicted molar refractivity (Wildman–Crippen MR) is 66.0 cm³/mol. The van der Waals surface area contributed by atoms with Gasteiger partial charge in [-0.25, -0.2) is 0 Å². The molecule has 0 amide bonds. The number of hydrogen-bond donors (Lipinski definition) is 0. The Morgan fingerprint density at radius 2 is 2.06 bits per heavy atom. The summed E-state index contributed by atoms with van der Waals surface area (Å²) in [6.45, 7) is 2.42. The van der Waals surface area contributed by atoms with Gasteiger partial charge < -0.3 is 4.74 Å². The fourth-order valence-electron chi connectivity index (χ4n) is 1.28. The van der Waals surface area contributed by atoms with Gasteiger partial charge in [0, 0.05) is 6.42 Å². The molecule has 0 atom stereocenters. The highest BCUT2D eigenvalue weighted by Gasteiger charge is 1.98. The van der Waals surface area contributed by atoms with Crippen LogP contribution in [0.1, 0.15) is 31.7 Å². The minimum Gasteiger partial charge on any atom is -0.461 e. The van der Waals surface area contributed by atoms with Crippen LogP contribution in [0.2, 0.25) is 0 Å². The molecule has 0 heterocycles. The average molecular weight is 218 g/mol. The molecule has 0 spiro atoms. The van der Waals surface area contributed by atoms with E-state index in [1.54, 1.807) is 0 Å². The van der Waals surface area contributed by atoms with Gasteiger partial charge in [0.25, 0.3) is 0 Å². The Hall–Kier alpha value is -1.57. The number of carbonyl (C=O) groups excluding carboxylic acids is 1. The molecule has 0 fully saturated rings.